The van der Waals surface area contributed by atoms with Gasteiger partial charge >= 0.3 is 0 Å². The molecule has 1 aliphatic rings. The van der Waals surface area contributed by atoms with Crippen molar-refractivity contribution >= 4 is 32.8 Å². The summed E-state index contributed by atoms with van der Waals surface area (Å²) in [6, 6.07) is 6.69. The highest BCUT2D eigenvalue weighted by atomic mass is 35.5. The van der Waals surface area contributed by atoms with Crippen molar-refractivity contribution in [2.45, 2.75) is 19.3 Å². The van der Waals surface area contributed by atoms with Crippen molar-refractivity contribution in [2.24, 2.45) is 11.4 Å². The Balaban J connectivity index is 1.91. The number of aromatic amines is 1. The lowest BCUT2D eigenvalue weighted by atomic mass is 10.0. The Labute approximate surface area is 172 Å². The largest absolute Gasteiger partial charge is 0.464 e. The summed E-state index contributed by atoms with van der Waals surface area (Å²) in [5, 5.41) is 2.75. The molecule has 1 fully saturated rings. The van der Waals surface area contributed by atoms with Gasteiger partial charge in [-0.3, -0.25) is 14.3 Å². The average Bonchev–Trinajstić information content (AvgIpc) is 3.34. The summed E-state index contributed by atoms with van der Waals surface area (Å²) in [6.45, 7) is 0. The summed E-state index contributed by atoms with van der Waals surface area (Å²) in [5.74, 6) is 0.994. The number of rotatable bonds is 4. The first-order valence-electron chi connectivity index (χ1n) is 9.28. The number of nitrogens with zero attached hydrogens (tertiary/aromatic N) is 2. The molecular weight excluding hydrogens is 414 g/mol. The van der Waals surface area contributed by atoms with Gasteiger partial charge in [0, 0.05) is 35.9 Å². The van der Waals surface area contributed by atoms with Gasteiger partial charge in [-0.1, -0.05) is 18.0 Å². The maximum atomic E-state index is 13.3. The highest BCUT2D eigenvalue weighted by Gasteiger charge is 2.24. The van der Waals surface area contributed by atoms with Crippen molar-refractivity contribution in [3.05, 3.63) is 63.2 Å². The van der Waals surface area contributed by atoms with E-state index in [-0.39, 0.29) is 21.8 Å². The van der Waals surface area contributed by atoms with Crippen molar-refractivity contribution in [1.29, 1.82) is 0 Å². The molecular formula is C20H20ClN3O4S. The molecule has 1 N–H and O–H groups in total. The normalized spacial score (nSPS) is 15.9. The van der Waals surface area contributed by atoms with Gasteiger partial charge in [0.2, 0.25) is 5.78 Å². The molecule has 0 radical (unpaired) electrons. The molecule has 0 aliphatic carbocycles. The molecule has 152 valence electrons. The number of hydrogen-bond donors (Lipinski definition) is 1. The number of ketones is 1. The third kappa shape index (κ3) is 3.70. The van der Waals surface area contributed by atoms with Crippen LogP contribution >= 0.6 is 11.6 Å². The van der Waals surface area contributed by atoms with E-state index in [4.69, 9.17) is 16.0 Å². The number of nitrogens with one attached hydrogen (secondary N) is 1. The van der Waals surface area contributed by atoms with E-state index in [1.165, 1.54) is 24.2 Å². The molecule has 0 atom stereocenters. The van der Waals surface area contributed by atoms with Crippen LogP contribution < -0.4 is 5.56 Å². The minimum atomic E-state index is -2.47. The van der Waals surface area contributed by atoms with Crippen LogP contribution in [0.2, 0.25) is 5.02 Å². The summed E-state index contributed by atoms with van der Waals surface area (Å²) >= 11 is 6.62. The molecule has 0 amide bonds. The average molecular weight is 434 g/mol. The van der Waals surface area contributed by atoms with E-state index >= 15 is 0 Å². The molecule has 29 heavy (non-hydrogen) atoms. The SMILES string of the molecule is Cn1[nH]cc(C(=O)c2ccc(-c3ccco3)c(N=S3(=O)CCCCC3)c2Cl)c1=O. The van der Waals surface area contributed by atoms with Gasteiger partial charge in [0.25, 0.3) is 5.56 Å². The first-order valence-corrected chi connectivity index (χ1v) is 11.5. The van der Waals surface area contributed by atoms with Crippen molar-refractivity contribution in [3.63, 3.8) is 0 Å². The number of halogens is 1. The molecule has 1 aromatic carbocycles. The first kappa shape index (κ1) is 19.7. The minimum Gasteiger partial charge on any atom is -0.464 e. The highest BCUT2D eigenvalue weighted by Crippen LogP contribution is 2.41. The van der Waals surface area contributed by atoms with Gasteiger partial charge in [-0.05, 0) is 37.1 Å². The first-order chi connectivity index (χ1) is 13.9. The summed E-state index contributed by atoms with van der Waals surface area (Å²) in [6.07, 6.45) is 5.58. The standard InChI is InChI=1S/C20H20ClN3O4S/c1-24-20(26)15(12-22-24)19(25)14-8-7-13(16-6-5-9-28-16)18(17(14)21)23-29(27)10-3-2-4-11-29/h5-9,12,22H,2-4,10-11H2,1H3. The van der Waals surface area contributed by atoms with Crippen LogP contribution in [0, 0.1) is 0 Å². The van der Waals surface area contributed by atoms with Crippen LogP contribution in [0.4, 0.5) is 5.69 Å². The summed E-state index contributed by atoms with van der Waals surface area (Å²) in [4.78, 5) is 25.2. The lowest BCUT2D eigenvalue weighted by molar-refractivity contribution is 0.103. The number of carbonyl (C=O) groups excluding carboxylic acids is 1. The Kier molecular flexibility index (Phi) is 5.23. The lowest BCUT2D eigenvalue weighted by Gasteiger charge is -2.17. The Bertz CT molecular complexity index is 1240. The quantitative estimate of drug-likeness (QED) is 0.625. The summed E-state index contributed by atoms with van der Waals surface area (Å²) < 4.78 is 24.5. The van der Waals surface area contributed by atoms with Crippen molar-refractivity contribution in [2.75, 3.05) is 11.5 Å². The smallest absolute Gasteiger partial charge is 0.277 e. The molecule has 9 heteroatoms. The molecule has 1 saturated heterocycles. The molecule has 7 nitrogen and oxygen atoms in total. The number of aromatic nitrogens is 2. The Hall–Kier alpha value is -2.58. The van der Waals surface area contributed by atoms with Gasteiger partial charge < -0.3 is 9.52 Å². The zero-order valence-corrected chi connectivity index (χ0v) is 17.4. The summed E-state index contributed by atoms with van der Waals surface area (Å²) in [5.41, 5.74) is 0.501. The van der Waals surface area contributed by atoms with Crippen LogP contribution in [0.5, 0.6) is 0 Å². The molecule has 0 spiro atoms. The molecule has 1 aliphatic heterocycles. The topological polar surface area (TPSA) is 97.4 Å². The zero-order valence-electron chi connectivity index (χ0n) is 15.8. The molecule has 0 unspecified atom stereocenters. The van der Waals surface area contributed by atoms with E-state index in [2.05, 4.69) is 9.46 Å². The maximum Gasteiger partial charge on any atom is 0.277 e. The van der Waals surface area contributed by atoms with Crippen LogP contribution in [0.15, 0.2) is 50.3 Å². The number of hydrogen-bond acceptors (Lipinski definition) is 5. The third-order valence-corrected chi connectivity index (χ3v) is 7.76. The second-order valence-corrected chi connectivity index (χ2v) is 9.94. The zero-order chi connectivity index (χ0) is 20.6. The van der Waals surface area contributed by atoms with E-state index in [1.807, 2.05) is 0 Å². The molecule has 2 aromatic heterocycles. The number of furan rings is 1. The summed E-state index contributed by atoms with van der Waals surface area (Å²) in [7, 11) is -0.952. The second kappa shape index (κ2) is 7.68. The molecule has 3 aromatic rings. The fraction of sp³-hybridized carbons (Fsp3) is 0.300. The maximum absolute atomic E-state index is 13.3. The predicted molar refractivity (Wildman–Crippen MR) is 112 cm³/mol. The van der Waals surface area contributed by atoms with E-state index < -0.39 is 21.1 Å². The predicted octanol–water partition coefficient (Wildman–Crippen LogP) is 4.14. The van der Waals surface area contributed by atoms with Gasteiger partial charge in [-0.15, -0.1) is 0 Å². The van der Waals surface area contributed by atoms with Gasteiger partial charge in [-0.2, -0.15) is 4.36 Å². The molecule has 3 heterocycles. The Morgan fingerprint density at radius 2 is 1.97 bits per heavy atom. The van der Waals surface area contributed by atoms with Gasteiger partial charge in [0.1, 0.15) is 17.0 Å². The lowest BCUT2D eigenvalue weighted by Crippen LogP contribution is -2.19. The van der Waals surface area contributed by atoms with Crippen molar-refractivity contribution < 1.29 is 13.4 Å². The third-order valence-electron chi connectivity index (χ3n) is 5.01. The van der Waals surface area contributed by atoms with E-state index in [9.17, 15) is 13.8 Å². The minimum absolute atomic E-state index is 0.0204. The number of benzene rings is 1. The second-order valence-electron chi connectivity index (χ2n) is 7.01. The van der Waals surface area contributed by atoms with E-state index in [0.717, 1.165) is 19.3 Å². The number of carbonyl (C=O) groups is 1. The van der Waals surface area contributed by atoms with Crippen LogP contribution in [0.25, 0.3) is 11.3 Å². The van der Waals surface area contributed by atoms with Crippen molar-refractivity contribution in [3.8, 4) is 11.3 Å². The van der Waals surface area contributed by atoms with Crippen LogP contribution in [0.1, 0.15) is 35.2 Å². The van der Waals surface area contributed by atoms with Gasteiger partial charge in [0.05, 0.1) is 21.0 Å². The van der Waals surface area contributed by atoms with E-state index in [1.54, 1.807) is 24.3 Å². The van der Waals surface area contributed by atoms with Crippen molar-refractivity contribution in [1.82, 2.24) is 9.78 Å². The van der Waals surface area contributed by atoms with Crippen LogP contribution in [-0.4, -0.2) is 31.3 Å². The van der Waals surface area contributed by atoms with Gasteiger partial charge in [-0.25, -0.2) is 4.21 Å². The monoisotopic (exact) mass is 433 g/mol. The fourth-order valence-electron chi connectivity index (χ4n) is 3.42. The Morgan fingerprint density at radius 3 is 2.59 bits per heavy atom. The number of aryl methyl sites for hydroxylation is 1. The van der Waals surface area contributed by atoms with Crippen LogP contribution in [-0.2, 0) is 16.8 Å². The molecule has 4 rings (SSSR count). The fourth-order valence-corrected chi connectivity index (χ4v) is 5.98. The number of H-pyrrole nitrogens is 1. The van der Waals surface area contributed by atoms with Crippen LogP contribution in [0.3, 0.4) is 0 Å². The molecule has 0 bridgehead atoms. The van der Waals surface area contributed by atoms with Gasteiger partial charge in [0.15, 0.2) is 0 Å². The Morgan fingerprint density at radius 1 is 1.21 bits per heavy atom. The highest BCUT2D eigenvalue weighted by molar-refractivity contribution is 7.93. The van der Waals surface area contributed by atoms with E-state index in [0.29, 0.717) is 22.8 Å². The molecule has 0 saturated carbocycles.